The number of nitrogens with zero attached hydrogens (tertiary/aromatic N) is 2. The third-order valence-corrected chi connectivity index (χ3v) is 4.76. The van der Waals surface area contributed by atoms with Gasteiger partial charge in [0.25, 0.3) is 0 Å². The van der Waals surface area contributed by atoms with Gasteiger partial charge in [-0.15, -0.1) is 0 Å². The molecule has 0 saturated carbocycles. The number of fused-ring (bicyclic) bond motifs is 1. The lowest BCUT2D eigenvalue weighted by Gasteiger charge is -2.16. The number of aromatic nitrogens is 2. The molecule has 4 aromatic rings. The number of rotatable bonds is 7. The van der Waals surface area contributed by atoms with Crippen LogP contribution in [0.5, 0.6) is 5.75 Å². The molecule has 4 heteroatoms. The summed E-state index contributed by atoms with van der Waals surface area (Å²) in [6.07, 6.45) is 0.0914. The lowest BCUT2D eigenvalue weighted by Crippen LogP contribution is -2.24. The molecule has 1 unspecified atom stereocenters. The predicted octanol–water partition coefficient (Wildman–Crippen LogP) is 4.38. The van der Waals surface area contributed by atoms with Crippen LogP contribution in [0.2, 0.25) is 0 Å². The number of para-hydroxylation sites is 2. The van der Waals surface area contributed by atoms with E-state index in [1.807, 2.05) is 73.7 Å². The fraction of sp³-hybridized carbons (Fsp3) is 0.208. The van der Waals surface area contributed by atoms with Gasteiger partial charge in [0.05, 0.1) is 17.6 Å². The number of aryl methyl sites for hydroxylation is 1. The molecule has 0 fully saturated rings. The third kappa shape index (κ3) is 4.24. The zero-order chi connectivity index (χ0) is 19.3. The molecule has 1 N–H and O–H groups in total. The Balaban J connectivity index is 1.53. The molecule has 0 saturated heterocycles. The maximum absolute atomic E-state index is 10.6. The fourth-order valence-electron chi connectivity index (χ4n) is 3.40. The summed E-state index contributed by atoms with van der Waals surface area (Å²) in [5, 5.41) is 10.6. The van der Waals surface area contributed by atoms with Gasteiger partial charge in [-0.25, -0.2) is 4.98 Å². The van der Waals surface area contributed by atoms with Gasteiger partial charge in [-0.3, -0.25) is 0 Å². The molecule has 0 aliphatic rings. The topological polar surface area (TPSA) is 47.3 Å². The Morgan fingerprint density at radius 1 is 0.964 bits per heavy atom. The van der Waals surface area contributed by atoms with Crippen molar-refractivity contribution in [3.05, 3.63) is 95.8 Å². The molecule has 28 heavy (non-hydrogen) atoms. The minimum absolute atomic E-state index is 0.237. The van der Waals surface area contributed by atoms with Crippen molar-refractivity contribution in [1.29, 1.82) is 0 Å². The lowest BCUT2D eigenvalue weighted by atomic mass is 10.1. The van der Waals surface area contributed by atoms with Crippen LogP contribution in [0, 0.1) is 6.92 Å². The van der Waals surface area contributed by atoms with Crippen molar-refractivity contribution in [2.24, 2.45) is 0 Å². The number of ether oxygens (including phenoxy) is 1. The molecule has 0 aliphatic heterocycles. The van der Waals surface area contributed by atoms with E-state index in [1.165, 1.54) is 5.56 Å². The normalized spacial score (nSPS) is 12.2. The minimum atomic E-state index is -0.632. The Labute approximate surface area is 165 Å². The average Bonchev–Trinajstić information content (AvgIpc) is 3.04. The van der Waals surface area contributed by atoms with Crippen molar-refractivity contribution in [2.75, 3.05) is 6.61 Å². The monoisotopic (exact) mass is 372 g/mol. The fourth-order valence-corrected chi connectivity index (χ4v) is 3.40. The van der Waals surface area contributed by atoms with Crippen molar-refractivity contribution in [1.82, 2.24) is 9.55 Å². The highest BCUT2D eigenvalue weighted by atomic mass is 16.5. The minimum Gasteiger partial charge on any atom is -0.491 e. The van der Waals surface area contributed by atoms with Crippen molar-refractivity contribution < 1.29 is 9.84 Å². The van der Waals surface area contributed by atoms with Gasteiger partial charge >= 0.3 is 0 Å². The Hall–Kier alpha value is -3.11. The van der Waals surface area contributed by atoms with E-state index >= 15 is 0 Å². The molecule has 3 aromatic carbocycles. The average molecular weight is 372 g/mol. The summed E-state index contributed by atoms with van der Waals surface area (Å²) >= 11 is 0. The van der Waals surface area contributed by atoms with E-state index in [1.54, 1.807) is 0 Å². The van der Waals surface area contributed by atoms with Gasteiger partial charge in [0.2, 0.25) is 0 Å². The van der Waals surface area contributed by atoms with Gasteiger partial charge < -0.3 is 14.4 Å². The van der Waals surface area contributed by atoms with Crippen LogP contribution in [-0.2, 0) is 13.0 Å². The van der Waals surface area contributed by atoms with Crippen LogP contribution in [0.1, 0.15) is 17.0 Å². The maximum atomic E-state index is 10.6. The van der Waals surface area contributed by atoms with Gasteiger partial charge in [-0.05, 0) is 42.3 Å². The smallest absolute Gasteiger partial charge is 0.119 e. The third-order valence-electron chi connectivity index (χ3n) is 4.76. The van der Waals surface area contributed by atoms with Crippen LogP contribution in [-0.4, -0.2) is 27.4 Å². The van der Waals surface area contributed by atoms with Gasteiger partial charge in [-0.1, -0.05) is 54.6 Å². The van der Waals surface area contributed by atoms with Crippen molar-refractivity contribution >= 4 is 11.0 Å². The van der Waals surface area contributed by atoms with Crippen LogP contribution in [0.25, 0.3) is 11.0 Å². The number of benzene rings is 3. The first kappa shape index (κ1) is 18.3. The highest BCUT2D eigenvalue weighted by Gasteiger charge is 2.15. The van der Waals surface area contributed by atoms with Crippen molar-refractivity contribution in [3.63, 3.8) is 0 Å². The summed E-state index contributed by atoms with van der Waals surface area (Å²) < 4.78 is 7.89. The SMILES string of the molecule is Cc1cccc(OCC(O)Cn2c(Cc3ccccc3)nc3ccccc32)c1. The van der Waals surface area contributed by atoms with E-state index in [2.05, 4.69) is 16.7 Å². The van der Waals surface area contributed by atoms with Gasteiger partial charge in [0.15, 0.2) is 0 Å². The summed E-state index contributed by atoms with van der Waals surface area (Å²) in [5.41, 5.74) is 4.31. The van der Waals surface area contributed by atoms with Crippen molar-refractivity contribution in [2.45, 2.75) is 26.0 Å². The summed E-state index contributed by atoms with van der Waals surface area (Å²) in [5.74, 6) is 1.72. The highest BCUT2D eigenvalue weighted by Crippen LogP contribution is 2.20. The van der Waals surface area contributed by atoms with Crippen LogP contribution in [0.3, 0.4) is 0 Å². The molecule has 1 aromatic heterocycles. The first-order valence-electron chi connectivity index (χ1n) is 9.54. The van der Waals surface area contributed by atoms with Gasteiger partial charge in [-0.2, -0.15) is 0 Å². The van der Waals surface area contributed by atoms with Crippen LogP contribution < -0.4 is 4.74 Å². The van der Waals surface area contributed by atoms with Crippen LogP contribution in [0.4, 0.5) is 0 Å². The number of imidazole rings is 1. The summed E-state index contributed by atoms with van der Waals surface area (Å²) in [6, 6.07) is 26.2. The van der Waals surface area contributed by atoms with Crippen LogP contribution >= 0.6 is 0 Å². The number of aliphatic hydroxyl groups is 1. The number of aliphatic hydroxyl groups excluding tert-OH is 1. The molecule has 0 amide bonds. The zero-order valence-corrected chi connectivity index (χ0v) is 16.0. The first-order chi connectivity index (χ1) is 13.7. The van der Waals surface area contributed by atoms with E-state index in [9.17, 15) is 5.11 Å². The molecule has 0 radical (unpaired) electrons. The van der Waals surface area contributed by atoms with Gasteiger partial charge in [0.1, 0.15) is 24.3 Å². The van der Waals surface area contributed by atoms with Crippen LogP contribution in [0.15, 0.2) is 78.9 Å². The molecule has 1 heterocycles. The zero-order valence-electron chi connectivity index (χ0n) is 16.0. The molecule has 0 aliphatic carbocycles. The lowest BCUT2D eigenvalue weighted by molar-refractivity contribution is 0.0928. The molecule has 1 atom stereocenters. The molecule has 4 rings (SSSR count). The van der Waals surface area contributed by atoms with E-state index in [0.717, 1.165) is 34.6 Å². The molecular weight excluding hydrogens is 348 g/mol. The van der Waals surface area contributed by atoms with Gasteiger partial charge in [0, 0.05) is 6.42 Å². The summed E-state index contributed by atoms with van der Waals surface area (Å²) in [7, 11) is 0. The second-order valence-electron chi connectivity index (χ2n) is 7.07. The van der Waals surface area contributed by atoms with E-state index in [-0.39, 0.29) is 6.61 Å². The van der Waals surface area contributed by atoms with Crippen molar-refractivity contribution in [3.8, 4) is 5.75 Å². The molecule has 142 valence electrons. The Morgan fingerprint density at radius 3 is 2.57 bits per heavy atom. The maximum Gasteiger partial charge on any atom is 0.119 e. The predicted molar refractivity (Wildman–Crippen MR) is 112 cm³/mol. The molecule has 0 bridgehead atoms. The highest BCUT2D eigenvalue weighted by molar-refractivity contribution is 5.76. The Bertz CT molecular complexity index is 1060. The first-order valence-corrected chi connectivity index (χ1v) is 9.54. The second-order valence-corrected chi connectivity index (χ2v) is 7.07. The Morgan fingerprint density at radius 2 is 1.75 bits per heavy atom. The summed E-state index contributed by atoms with van der Waals surface area (Å²) in [6.45, 7) is 2.70. The van der Waals surface area contributed by atoms with E-state index in [4.69, 9.17) is 9.72 Å². The molecular formula is C24H24N2O2. The quantitative estimate of drug-likeness (QED) is 0.524. The Kier molecular flexibility index (Phi) is 5.40. The molecule has 0 spiro atoms. The number of hydrogen-bond donors (Lipinski definition) is 1. The van der Waals surface area contributed by atoms with E-state index in [0.29, 0.717) is 6.54 Å². The standard InChI is InChI=1S/C24H24N2O2/c1-18-8-7-11-21(14-18)28-17-20(27)16-26-23-13-6-5-12-22(23)25-24(26)15-19-9-3-2-4-10-19/h2-14,20,27H,15-17H2,1H3. The second kappa shape index (κ2) is 8.28. The number of hydrogen-bond acceptors (Lipinski definition) is 3. The molecule has 4 nitrogen and oxygen atoms in total. The van der Waals surface area contributed by atoms with E-state index < -0.39 is 6.10 Å². The largest absolute Gasteiger partial charge is 0.491 e. The summed E-state index contributed by atoms with van der Waals surface area (Å²) in [4.78, 5) is 4.80.